The van der Waals surface area contributed by atoms with Gasteiger partial charge in [-0.25, -0.2) is 0 Å². The Morgan fingerprint density at radius 1 is 0.439 bits per heavy atom. The summed E-state index contributed by atoms with van der Waals surface area (Å²) >= 11 is 1.86. The van der Waals surface area contributed by atoms with Gasteiger partial charge in [0.05, 0.1) is 0 Å². The Labute approximate surface area is 243 Å². The fourth-order valence-electron chi connectivity index (χ4n) is 6.08. The van der Waals surface area contributed by atoms with Crippen molar-refractivity contribution in [2.45, 2.75) is 9.79 Å². The van der Waals surface area contributed by atoms with Crippen LogP contribution in [0.5, 0.6) is 0 Å². The Hall–Kier alpha value is -4.92. The van der Waals surface area contributed by atoms with Gasteiger partial charge < -0.3 is 0 Å². The van der Waals surface area contributed by atoms with Crippen molar-refractivity contribution in [2.24, 2.45) is 0 Å². The van der Waals surface area contributed by atoms with Gasteiger partial charge in [-0.15, -0.1) is 0 Å². The Morgan fingerprint density at radius 3 is 1.90 bits per heavy atom. The van der Waals surface area contributed by atoms with Gasteiger partial charge in [-0.1, -0.05) is 133 Å². The molecule has 1 heterocycles. The Bertz CT molecular complexity index is 2170. The van der Waals surface area contributed by atoms with E-state index in [0.29, 0.717) is 0 Å². The molecule has 0 aliphatic rings. The minimum atomic E-state index is 1.17. The molecule has 0 bridgehead atoms. The first-order valence-corrected chi connectivity index (χ1v) is 14.7. The summed E-state index contributed by atoms with van der Waals surface area (Å²) in [7, 11) is 0. The monoisotopic (exact) mass is 539 g/mol. The van der Waals surface area contributed by atoms with Crippen LogP contribution in [0.15, 0.2) is 162 Å². The van der Waals surface area contributed by atoms with E-state index >= 15 is 0 Å². The Morgan fingerprint density at radius 2 is 1.07 bits per heavy atom. The molecular weight excluding hydrogens is 515 g/mol. The van der Waals surface area contributed by atoms with Gasteiger partial charge in [-0.05, 0) is 78.2 Å². The van der Waals surface area contributed by atoms with Crippen LogP contribution >= 0.6 is 11.8 Å². The van der Waals surface area contributed by atoms with Crippen LogP contribution in [0, 0.1) is 0 Å². The lowest BCUT2D eigenvalue weighted by atomic mass is 9.90. The molecule has 0 fully saturated rings. The highest BCUT2D eigenvalue weighted by Crippen LogP contribution is 2.48. The van der Waals surface area contributed by atoms with Crippen molar-refractivity contribution in [2.75, 3.05) is 0 Å². The number of rotatable bonds is 4. The second-order valence-electron chi connectivity index (χ2n) is 10.4. The van der Waals surface area contributed by atoms with Gasteiger partial charge in [0.25, 0.3) is 0 Å². The molecule has 1 nitrogen and oxygen atoms in total. The normalized spacial score (nSPS) is 11.5. The summed E-state index contributed by atoms with van der Waals surface area (Å²) in [4.78, 5) is 7.14. The molecule has 0 saturated heterocycles. The van der Waals surface area contributed by atoms with E-state index in [-0.39, 0.29) is 0 Å². The van der Waals surface area contributed by atoms with E-state index in [2.05, 4.69) is 145 Å². The van der Waals surface area contributed by atoms with Gasteiger partial charge in [0.2, 0.25) is 0 Å². The van der Waals surface area contributed by atoms with Crippen LogP contribution in [0.3, 0.4) is 0 Å². The van der Waals surface area contributed by atoms with Crippen molar-refractivity contribution in [3.63, 3.8) is 0 Å². The van der Waals surface area contributed by atoms with Gasteiger partial charge in [0.1, 0.15) is 0 Å². The molecule has 0 atom stereocenters. The maximum atomic E-state index is 4.63. The van der Waals surface area contributed by atoms with Crippen LogP contribution in [0.25, 0.3) is 65.3 Å². The van der Waals surface area contributed by atoms with Gasteiger partial charge >= 0.3 is 0 Å². The van der Waals surface area contributed by atoms with E-state index in [1.54, 1.807) is 0 Å². The van der Waals surface area contributed by atoms with Crippen molar-refractivity contribution in [1.82, 2.24) is 4.98 Å². The zero-order chi connectivity index (χ0) is 27.2. The largest absolute Gasteiger partial charge is 0.264 e. The number of benzene rings is 7. The maximum Gasteiger partial charge on any atom is 0.0353 e. The number of nitrogens with zero attached hydrogens (tertiary/aromatic N) is 1. The molecule has 0 unspecified atom stereocenters. The third kappa shape index (κ3) is 4.07. The van der Waals surface area contributed by atoms with Gasteiger partial charge in [0.15, 0.2) is 0 Å². The minimum Gasteiger partial charge on any atom is -0.264 e. The zero-order valence-corrected chi connectivity index (χ0v) is 23.1. The fraction of sp³-hybridized carbons (Fsp3) is 0. The molecule has 0 spiro atoms. The predicted octanol–water partition coefficient (Wildman–Crippen LogP) is 11.2. The minimum absolute atomic E-state index is 1.17. The first-order chi connectivity index (χ1) is 20.3. The molecule has 0 aliphatic heterocycles. The predicted molar refractivity (Wildman–Crippen MR) is 176 cm³/mol. The third-order valence-corrected chi connectivity index (χ3v) is 9.18. The van der Waals surface area contributed by atoms with Gasteiger partial charge in [-0.2, -0.15) is 0 Å². The van der Waals surface area contributed by atoms with E-state index in [1.807, 2.05) is 24.2 Å². The number of hydrogen-bond acceptors (Lipinski definition) is 2. The molecule has 8 rings (SSSR count). The van der Waals surface area contributed by atoms with Crippen molar-refractivity contribution < 1.29 is 0 Å². The van der Waals surface area contributed by atoms with E-state index in [9.17, 15) is 0 Å². The summed E-state index contributed by atoms with van der Waals surface area (Å²) < 4.78 is 0. The molecule has 8 aromatic rings. The molecule has 7 aromatic carbocycles. The lowest BCUT2D eigenvalue weighted by Crippen LogP contribution is -1.92. The topological polar surface area (TPSA) is 12.9 Å². The number of fused-ring (bicyclic) bond motifs is 4. The molecule has 0 N–H and O–H groups in total. The summed E-state index contributed by atoms with van der Waals surface area (Å²) in [6, 6.07) is 50.4. The van der Waals surface area contributed by atoms with Crippen LogP contribution in [0.2, 0.25) is 0 Å². The van der Waals surface area contributed by atoms with E-state index in [1.165, 1.54) is 75.1 Å². The fourth-order valence-corrected chi connectivity index (χ4v) is 7.35. The van der Waals surface area contributed by atoms with Crippen molar-refractivity contribution in [3.8, 4) is 22.3 Å². The lowest BCUT2D eigenvalue weighted by molar-refractivity contribution is 1.36. The van der Waals surface area contributed by atoms with Crippen LogP contribution in [0.1, 0.15) is 0 Å². The average molecular weight is 540 g/mol. The zero-order valence-electron chi connectivity index (χ0n) is 22.3. The van der Waals surface area contributed by atoms with Crippen LogP contribution < -0.4 is 0 Å². The van der Waals surface area contributed by atoms with E-state index in [0.717, 1.165) is 0 Å². The maximum absolute atomic E-state index is 4.63. The van der Waals surface area contributed by atoms with Crippen molar-refractivity contribution in [1.29, 1.82) is 0 Å². The second-order valence-corrected chi connectivity index (χ2v) is 11.4. The molecule has 2 heteroatoms. The number of pyridine rings is 1. The molecule has 0 saturated carbocycles. The molecule has 41 heavy (non-hydrogen) atoms. The van der Waals surface area contributed by atoms with Gasteiger partial charge in [0, 0.05) is 27.6 Å². The SMILES string of the molecule is c1ccc(-c2cc3ccccc3cc2Sc2c3ccccc3c(-c3cccc4ccccc34)c3cnccc23)cc1. The van der Waals surface area contributed by atoms with Crippen LogP contribution in [0.4, 0.5) is 0 Å². The summed E-state index contributed by atoms with van der Waals surface area (Å²) in [5.41, 5.74) is 4.96. The Kier molecular flexibility index (Phi) is 5.79. The molecule has 1 aromatic heterocycles. The molecule has 0 amide bonds. The lowest BCUT2D eigenvalue weighted by Gasteiger charge is -2.19. The third-order valence-electron chi connectivity index (χ3n) is 7.98. The molecule has 192 valence electrons. The van der Waals surface area contributed by atoms with E-state index < -0.39 is 0 Å². The van der Waals surface area contributed by atoms with Crippen LogP contribution in [-0.2, 0) is 0 Å². The summed E-state index contributed by atoms with van der Waals surface area (Å²) in [5, 5.41) is 9.89. The number of aromatic nitrogens is 1. The van der Waals surface area contributed by atoms with Crippen LogP contribution in [-0.4, -0.2) is 4.98 Å². The van der Waals surface area contributed by atoms with Crippen molar-refractivity contribution in [3.05, 3.63) is 152 Å². The highest BCUT2D eigenvalue weighted by Gasteiger charge is 2.19. The average Bonchev–Trinajstić information content (AvgIpc) is 3.04. The Balaban J connectivity index is 1.43. The standard InChI is InChI=1S/C39H25NS/c1-2-11-27(12-3-1)35-23-28-14-4-5-15-29(28)24-37(35)41-39-33-19-9-8-18-32(33)38(36-25-40-22-21-34(36)39)31-20-10-16-26-13-6-7-17-30(26)31/h1-25H. The second kappa shape index (κ2) is 9.92. The van der Waals surface area contributed by atoms with Gasteiger partial charge in [-0.3, -0.25) is 4.98 Å². The van der Waals surface area contributed by atoms with Crippen molar-refractivity contribution >= 4 is 54.9 Å². The molecular formula is C39H25NS. The van der Waals surface area contributed by atoms with E-state index in [4.69, 9.17) is 0 Å². The number of hydrogen-bond donors (Lipinski definition) is 0. The quantitative estimate of drug-likeness (QED) is 0.206. The smallest absolute Gasteiger partial charge is 0.0353 e. The summed E-state index contributed by atoms with van der Waals surface area (Å²) in [5.74, 6) is 0. The molecule has 0 aliphatic carbocycles. The highest BCUT2D eigenvalue weighted by molar-refractivity contribution is 8.00. The summed E-state index contributed by atoms with van der Waals surface area (Å²) in [6.45, 7) is 0. The first kappa shape index (κ1) is 23.9. The molecule has 0 radical (unpaired) electrons. The summed E-state index contributed by atoms with van der Waals surface area (Å²) in [6.07, 6.45) is 3.97. The first-order valence-electron chi connectivity index (χ1n) is 13.9. The highest BCUT2D eigenvalue weighted by atomic mass is 32.2.